The van der Waals surface area contributed by atoms with Crippen LogP contribution < -0.4 is 5.73 Å². The summed E-state index contributed by atoms with van der Waals surface area (Å²) < 4.78 is 1.64. The zero-order valence-corrected chi connectivity index (χ0v) is 16.8. The Kier molecular flexibility index (Phi) is 4.32. The number of hydrogen-bond acceptors (Lipinski definition) is 5. The summed E-state index contributed by atoms with van der Waals surface area (Å²) in [6.07, 6.45) is 6.93. The molecule has 1 aliphatic carbocycles. The van der Waals surface area contributed by atoms with Gasteiger partial charge in [-0.15, -0.1) is 5.10 Å². The van der Waals surface area contributed by atoms with Crippen LogP contribution in [0, 0.1) is 0 Å². The number of nitrogens with zero attached hydrogens (tertiary/aromatic N) is 5. The summed E-state index contributed by atoms with van der Waals surface area (Å²) in [5.41, 5.74) is 8.29. The summed E-state index contributed by atoms with van der Waals surface area (Å²) in [6, 6.07) is 7.49. The topological polar surface area (TPSA) is 107 Å². The second-order valence-electron chi connectivity index (χ2n) is 7.76. The second-order valence-corrected chi connectivity index (χ2v) is 8.17. The molecule has 1 saturated carbocycles. The van der Waals surface area contributed by atoms with E-state index in [-0.39, 0.29) is 5.91 Å². The number of rotatable bonds is 4. The Hall–Kier alpha value is -3.26. The van der Waals surface area contributed by atoms with Crippen molar-refractivity contribution < 1.29 is 9.59 Å². The Labute approximate surface area is 177 Å². The summed E-state index contributed by atoms with van der Waals surface area (Å²) in [5.74, 6) is -0.525. The van der Waals surface area contributed by atoms with Crippen molar-refractivity contribution in [2.75, 3.05) is 6.54 Å². The van der Waals surface area contributed by atoms with E-state index >= 15 is 0 Å². The third-order valence-corrected chi connectivity index (χ3v) is 6.23. The number of carbonyl (C=O) groups is 2. The van der Waals surface area contributed by atoms with Gasteiger partial charge in [-0.1, -0.05) is 28.9 Å². The molecule has 0 bridgehead atoms. The van der Waals surface area contributed by atoms with E-state index < -0.39 is 11.4 Å². The molecule has 152 valence electrons. The molecule has 0 unspecified atom stereocenters. The Morgan fingerprint density at radius 2 is 2.03 bits per heavy atom. The molecule has 0 radical (unpaired) electrons. The van der Waals surface area contributed by atoms with Gasteiger partial charge >= 0.3 is 0 Å². The van der Waals surface area contributed by atoms with Crippen molar-refractivity contribution in [1.82, 2.24) is 24.9 Å². The number of primary amides is 1. The van der Waals surface area contributed by atoms with E-state index in [4.69, 9.17) is 17.3 Å². The van der Waals surface area contributed by atoms with Crippen molar-refractivity contribution in [1.29, 1.82) is 0 Å². The van der Waals surface area contributed by atoms with Gasteiger partial charge in [-0.2, -0.15) is 0 Å². The van der Waals surface area contributed by atoms with Crippen LogP contribution in [0.25, 0.3) is 11.3 Å². The lowest BCUT2D eigenvalue weighted by Crippen LogP contribution is -2.45. The number of benzene rings is 1. The smallest absolute Gasteiger partial charge is 0.250 e. The van der Waals surface area contributed by atoms with Crippen LogP contribution in [0.1, 0.15) is 34.3 Å². The highest BCUT2D eigenvalue weighted by molar-refractivity contribution is 6.31. The number of pyridine rings is 1. The third kappa shape index (κ3) is 3.04. The van der Waals surface area contributed by atoms with Gasteiger partial charge in [0.05, 0.1) is 11.8 Å². The van der Waals surface area contributed by atoms with E-state index in [0.29, 0.717) is 47.8 Å². The first-order valence-electron chi connectivity index (χ1n) is 9.72. The van der Waals surface area contributed by atoms with Crippen LogP contribution in [-0.4, -0.2) is 43.2 Å². The summed E-state index contributed by atoms with van der Waals surface area (Å²) in [4.78, 5) is 30.7. The van der Waals surface area contributed by atoms with E-state index in [9.17, 15) is 9.59 Å². The predicted molar refractivity (Wildman–Crippen MR) is 110 cm³/mol. The largest absolute Gasteiger partial charge is 0.366 e. The maximum absolute atomic E-state index is 13.4. The molecule has 2 amide bonds. The van der Waals surface area contributed by atoms with Crippen LogP contribution >= 0.6 is 11.6 Å². The van der Waals surface area contributed by atoms with Crippen molar-refractivity contribution in [3.8, 4) is 11.3 Å². The van der Waals surface area contributed by atoms with Crippen LogP contribution in [0.4, 0.5) is 0 Å². The number of halogens is 1. The minimum absolute atomic E-state index is 0.0357. The lowest BCUT2D eigenvalue weighted by molar-refractivity contribution is -0.137. The minimum atomic E-state index is -0.710. The number of aromatic nitrogens is 4. The molecule has 3 heterocycles. The molecular formula is C21H19ClN6O2. The standard InChI is InChI=1S/C21H19ClN6O2/c22-17-3-1-2-13-4-7-27(11-16(13)17)20(30)21(5-6-21)28-12-18(25-26-28)14-8-15(19(23)29)10-24-9-14/h1-3,8-10,12H,4-7,11H2,(H2,23,29). The van der Waals surface area contributed by atoms with Crippen LogP contribution in [0.15, 0.2) is 42.9 Å². The van der Waals surface area contributed by atoms with E-state index in [1.807, 2.05) is 17.0 Å². The summed E-state index contributed by atoms with van der Waals surface area (Å²) in [6.45, 7) is 1.15. The fourth-order valence-electron chi connectivity index (χ4n) is 3.99. The highest BCUT2D eigenvalue weighted by Gasteiger charge is 2.55. The lowest BCUT2D eigenvalue weighted by atomic mass is 9.99. The molecule has 8 nitrogen and oxygen atoms in total. The first-order chi connectivity index (χ1) is 14.5. The molecule has 0 atom stereocenters. The van der Waals surface area contributed by atoms with Crippen LogP contribution in [0.5, 0.6) is 0 Å². The van der Waals surface area contributed by atoms with Crippen LogP contribution in [0.2, 0.25) is 5.02 Å². The third-order valence-electron chi connectivity index (χ3n) is 5.88. The Morgan fingerprint density at radius 1 is 1.20 bits per heavy atom. The molecule has 2 aliphatic rings. The van der Waals surface area contributed by atoms with Crippen molar-refractivity contribution in [2.24, 2.45) is 5.73 Å². The van der Waals surface area contributed by atoms with Crippen molar-refractivity contribution in [3.63, 3.8) is 0 Å². The Balaban J connectivity index is 1.40. The normalized spacial score (nSPS) is 16.8. The van der Waals surface area contributed by atoms with E-state index in [1.54, 1.807) is 23.1 Å². The average Bonchev–Trinajstić information content (AvgIpc) is 3.42. The Bertz CT molecular complexity index is 1170. The van der Waals surface area contributed by atoms with E-state index in [1.165, 1.54) is 11.8 Å². The molecule has 1 aromatic carbocycles. The van der Waals surface area contributed by atoms with E-state index in [0.717, 1.165) is 12.0 Å². The Morgan fingerprint density at radius 3 is 2.80 bits per heavy atom. The van der Waals surface area contributed by atoms with Gasteiger partial charge in [-0.3, -0.25) is 14.6 Å². The zero-order chi connectivity index (χ0) is 20.9. The summed E-state index contributed by atoms with van der Waals surface area (Å²) in [7, 11) is 0. The second kappa shape index (κ2) is 6.91. The molecular weight excluding hydrogens is 404 g/mol. The molecule has 1 fully saturated rings. The van der Waals surface area contributed by atoms with Crippen LogP contribution in [-0.2, 0) is 23.3 Å². The molecule has 5 rings (SSSR count). The average molecular weight is 423 g/mol. The number of carbonyl (C=O) groups excluding carboxylic acids is 2. The first-order valence-corrected chi connectivity index (χ1v) is 10.1. The van der Waals surface area contributed by atoms with Crippen molar-refractivity contribution in [2.45, 2.75) is 31.3 Å². The van der Waals surface area contributed by atoms with Gasteiger partial charge < -0.3 is 10.6 Å². The number of fused-ring (bicyclic) bond motifs is 1. The summed E-state index contributed by atoms with van der Waals surface area (Å²) >= 11 is 6.36. The zero-order valence-electron chi connectivity index (χ0n) is 16.1. The molecule has 3 aromatic rings. The van der Waals surface area contributed by atoms with Crippen LogP contribution in [0.3, 0.4) is 0 Å². The van der Waals surface area contributed by atoms with Crippen molar-refractivity contribution >= 4 is 23.4 Å². The molecule has 2 N–H and O–H groups in total. The van der Waals surface area contributed by atoms with Gasteiger partial charge in [-0.05, 0) is 42.5 Å². The monoisotopic (exact) mass is 422 g/mol. The SMILES string of the molecule is NC(=O)c1cncc(-c2cn(C3(C(=O)N4CCc5cccc(Cl)c5C4)CC3)nn2)c1. The highest BCUT2D eigenvalue weighted by Crippen LogP contribution is 2.46. The van der Waals surface area contributed by atoms with Gasteiger partial charge in [0.15, 0.2) is 0 Å². The first kappa shape index (κ1) is 18.7. The van der Waals surface area contributed by atoms with Gasteiger partial charge in [0.25, 0.3) is 5.91 Å². The number of nitrogens with two attached hydrogens (primary N) is 1. The summed E-state index contributed by atoms with van der Waals surface area (Å²) in [5, 5.41) is 9.12. The van der Waals surface area contributed by atoms with Gasteiger partial charge in [0.1, 0.15) is 11.2 Å². The lowest BCUT2D eigenvalue weighted by Gasteiger charge is -2.32. The molecule has 1 aliphatic heterocycles. The molecule has 30 heavy (non-hydrogen) atoms. The molecule has 0 spiro atoms. The fraction of sp³-hybridized carbons (Fsp3) is 0.286. The maximum atomic E-state index is 13.4. The maximum Gasteiger partial charge on any atom is 0.250 e. The fourth-order valence-corrected chi connectivity index (χ4v) is 4.24. The van der Waals surface area contributed by atoms with Gasteiger partial charge in [-0.25, -0.2) is 4.68 Å². The van der Waals surface area contributed by atoms with Gasteiger partial charge in [0, 0.05) is 36.1 Å². The quantitative estimate of drug-likeness (QED) is 0.693. The predicted octanol–water partition coefficient (Wildman–Crippen LogP) is 2.17. The number of hydrogen-bond donors (Lipinski definition) is 1. The molecule has 2 aromatic heterocycles. The molecule has 9 heteroatoms. The van der Waals surface area contributed by atoms with Crippen molar-refractivity contribution in [3.05, 3.63) is 64.6 Å². The number of amides is 2. The highest BCUT2D eigenvalue weighted by atomic mass is 35.5. The van der Waals surface area contributed by atoms with E-state index in [2.05, 4.69) is 21.4 Å². The minimum Gasteiger partial charge on any atom is -0.366 e. The molecule has 0 saturated heterocycles. The van der Waals surface area contributed by atoms with Gasteiger partial charge in [0.2, 0.25) is 5.91 Å².